The van der Waals surface area contributed by atoms with E-state index in [1.165, 1.54) is 18.3 Å². The van der Waals surface area contributed by atoms with Crippen molar-refractivity contribution in [1.82, 2.24) is 4.98 Å². The van der Waals surface area contributed by atoms with Crippen molar-refractivity contribution in [3.8, 4) is 11.6 Å². The molecule has 9 heteroatoms. The molecule has 1 aromatic carbocycles. The number of carbonyl (C=O) groups is 1. The van der Waals surface area contributed by atoms with E-state index in [-0.39, 0.29) is 23.8 Å². The van der Waals surface area contributed by atoms with E-state index in [1.807, 2.05) is 0 Å². The maximum Gasteiger partial charge on any atom is 0.458 e. The maximum absolute atomic E-state index is 13.2. The first-order valence-corrected chi connectivity index (χ1v) is 7.01. The van der Waals surface area contributed by atoms with Crippen LogP contribution in [0.4, 0.5) is 22.0 Å². The molecule has 0 fully saturated rings. The summed E-state index contributed by atoms with van der Waals surface area (Å²) in [6, 6.07) is 5.90. The highest BCUT2D eigenvalue weighted by atomic mass is 19.4. The zero-order valence-corrected chi connectivity index (χ0v) is 12.8. The molecule has 1 heterocycles. The number of esters is 1. The number of rotatable bonds is 5. The number of aromatic nitrogens is 1. The van der Waals surface area contributed by atoms with Gasteiger partial charge < -0.3 is 9.47 Å². The molecule has 0 unspecified atom stereocenters. The van der Waals surface area contributed by atoms with Gasteiger partial charge in [0.05, 0.1) is 12.2 Å². The van der Waals surface area contributed by atoms with Crippen molar-refractivity contribution in [2.45, 2.75) is 19.0 Å². The summed E-state index contributed by atoms with van der Waals surface area (Å²) in [7, 11) is 0. The fourth-order valence-corrected chi connectivity index (χ4v) is 1.79. The molecule has 0 aliphatic carbocycles. The number of pyridine rings is 1. The van der Waals surface area contributed by atoms with Gasteiger partial charge in [-0.1, -0.05) is 0 Å². The molecule has 0 N–H and O–H groups in total. The normalized spacial score (nSPS) is 11.9. The average Bonchev–Trinajstić information content (AvgIpc) is 2.55. The second kappa shape index (κ2) is 7.04. The Morgan fingerprint density at radius 1 is 1.04 bits per heavy atom. The summed E-state index contributed by atoms with van der Waals surface area (Å²) in [5.74, 6) is -5.48. The molecular weight excluding hydrogens is 349 g/mol. The molecule has 0 bridgehead atoms. The molecule has 0 spiro atoms. The molecule has 0 saturated heterocycles. The zero-order valence-electron chi connectivity index (χ0n) is 12.8. The van der Waals surface area contributed by atoms with Gasteiger partial charge in [-0.3, -0.25) is 0 Å². The zero-order chi connectivity index (χ0) is 18.7. The van der Waals surface area contributed by atoms with Gasteiger partial charge in [0.2, 0.25) is 5.88 Å². The fourth-order valence-electron chi connectivity index (χ4n) is 1.79. The van der Waals surface area contributed by atoms with E-state index in [4.69, 9.17) is 9.47 Å². The van der Waals surface area contributed by atoms with Gasteiger partial charge in [-0.05, 0) is 37.3 Å². The van der Waals surface area contributed by atoms with Gasteiger partial charge in [0, 0.05) is 17.8 Å². The molecule has 25 heavy (non-hydrogen) atoms. The van der Waals surface area contributed by atoms with Crippen LogP contribution in [0.15, 0.2) is 42.6 Å². The molecule has 4 nitrogen and oxygen atoms in total. The van der Waals surface area contributed by atoms with Crippen LogP contribution in [0.5, 0.6) is 11.6 Å². The Hall–Kier alpha value is -2.71. The summed E-state index contributed by atoms with van der Waals surface area (Å²) in [4.78, 5) is 15.3. The van der Waals surface area contributed by atoms with Crippen LogP contribution in [0.25, 0.3) is 0 Å². The lowest BCUT2D eigenvalue weighted by Crippen LogP contribution is -2.33. The number of benzene rings is 1. The lowest BCUT2D eigenvalue weighted by molar-refractivity contribution is -0.289. The Morgan fingerprint density at radius 2 is 1.68 bits per heavy atom. The van der Waals surface area contributed by atoms with Crippen LogP contribution in [0.3, 0.4) is 0 Å². The Labute approximate surface area is 139 Å². The van der Waals surface area contributed by atoms with Crippen LogP contribution in [-0.4, -0.2) is 23.7 Å². The Morgan fingerprint density at radius 3 is 2.16 bits per heavy atom. The van der Waals surface area contributed by atoms with Crippen LogP contribution in [0.1, 0.15) is 22.8 Å². The third-order valence-corrected chi connectivity index (χ3v) is 3.04. The summed E-state index contributed by atoms with van der Waals surface area (Å²) in [5, 5.41) is 0. The fraction of sp³-hybridized carbons (Fsp3) is 0.250. The lowest BCUT2D eigenvalue weighted by Gasteiger charge is -2.19. The van der Waals surface area contributed by atoms with Gasteiger partial charge >= 0.3 is 18.1 Å². The molecule has 0 saturated carbocycles. The molecule has 0 radical (unpaired) electrons. The van der Waals surface area contributed by atoms with Crippen LogP contribution < -0.4 is 4.74 Å². The number of ether oxygens (including phenoxy) is 2. The SMILES string of the molecule is CCOC(=O)c1ccc(Oc2ccc(C(F)(F)C(F)(F)F)cc2)nc1. The largest absolute Gasteiger partial charge is 0.462 e. The van der Waals surface area contributed by atoms with E-state index in [9.17, 15) is 26.7 Å². The van der Waals surface area contributed by atoms with Gasteiger partial charge in [-0.15, -0.1) is 0 Å². The number of hydrogen-bond donors (Lipinski definition) is 0. The predicted octanol–water partition coefficient (Wildman–Crippen LogP) is 4.70. The smallest absolute Gasteiger partial charge is 0.458 e. The van der Waals surface area contributed by atoms with E-state index in [1.54, 1.807) is 6.92 Å². The predicted molar refractivity (Wildman–Crippen MR) is 76.7 cm³/mol. The Balaban J connectivity index is 2.10. The van der Waals surface area contributed by atoms with Crippen molar-refractivity contribution in [2.24, 2.45) is 0 Å². The summed E-state index contributed by atoms with van der Waals surface area (Å²) in [5.41, 5.74) is -1.01. The first kappa shape index (κ1) is 18.6. The third-order valence-electron chi connectivity index (χ3n) is 3.04. The van der Waals surface area contributed by atoms with E-state index in [2.05, 4.69) is 4.98 Å². The molecular formula is C16H12F5NO3. The first-order chi connectivity index (χ1) is 11.6. The number of carbonyl (C=O) groups excluding carboxylic acids is 1. The number of alkyl halides is 5. The Kier molecular flexibility index (Phi) is 5.24. The van der Waals surface area contributed by atoms with Gasteiger partial charge in [0.1, 0.15) is 5.75 Å². The molecule has 2 aromatic rings. The third kappa shape index (κ3) is 4.23. The summed E-state index contributed by atoms with van der Waals surface area (Å²) >= 11 is 0. The van der Waals surface area contributed by atoms with Crippen molar-refractivity contribution >= 4 is 5.97 Å². The monoisotopic (exact) mass is 361 g/mol. The minimum absolute atomic E-state index is 0.0121. The topological polar surface area (TPSA) is 48.4 Å². The van der Waals surface area contributed by atoms with Crippen LogP contribution in [0.2, 0.25) is 0 Å². The summed E-state index contributed by atoms with van der Waals surface area (Å²) in [6.07, 6.45) is -4.49. The quantitative estimate of drug-likeness (QED) is 0.572. The van der Waals surface area contributed by atoms with Gasteiger partial charge in [-0.2, -0.15) is 22.0 Å². The molecule has 0 atom stereocenters. The summed E-state index contributed by atoms with van der Waals surface area (Å²) in [6.45, 7) is 1.85. The Bertz CT molecular complexity index is 727. The standard InChI is InChI=1S/C16H12F5NO3/c1-2-24-14(23)10-3-8-13(22-9-10)25-12-6-4-11(5-7-12)15(17,18)16(19,20)21/h3-9H,2H2,1H3. The lowest BCUT2D eigenvalue weighted by atomic mass is 10.1. The molecule has 1 aromatic heterocycles. The number of nitrogens with zero attached hydrogens (tertiary/aromatic N) is 1. The van der Waals surface area contributed by atoms with Crippen LogP contribution in [0, 0.1) is 0 Å². The molecule has 0 aliphatic rings. The highest BCUT2D eigenvalue weighted by Crippen LogP contribution is 2.44. The highest BCUT2D eigenvalue weighted by Gasteiger charge is 2.58. The second-order valence-electron chi connectivity index (χ2n) is 4.80. The summed E-state index contributed by atoms with van der Waals surface area (Å²) < 4.78 is 73.3. The molecule has 0 aliphatic heterocycles. The minimum atomic E-state index is -5.68. The van der Waals surface area contributed by atoms with Crippen LogP contribution >= 0.6 is 0 Å². The van der Waals surface area contributed by atoms with E-state index in [0.29, 0.717) is 12.1 Å². The average molecular weight is 361 g/mol. The van der Waals surface area contributed by atoms with E-state index < -0.39 is 23.6 Å². The first-order valence-electron chi connectivity index (χ1n) is 7.01. The van der Waals surface area contributed by atoms with Gasteiger partial charge in [-0.25, -0.2) is 9.78 Å². The maximum atomic E-state index is 13.2. The van der Waals surface area contributed by atoms with Crippen molar-refractivity contribution < 1.29 is 36.2 Å². The van der Waals surface area contributed by atoms with Crippen molar-refractivity contribution in [2.75, 3.05) is 6.61 Å². The van der Waals surface area contributed by atoms with Crippen molar-refractivity contribution in [3.63, 3.8) is 0 Å². The number of halogens is 5. The van der Waals surface area contributed by atoms with Crippen LogP contribution in [-0.2, 0) is 10.7 Å². The second-order valence-corrected chi connectivity index (χ2v) is 4.80. The molecule has 2 rings (SSSR count). The highest BCUT2D eigenvalue weighted by molar-refractivity contribution is 5.89. The minimum Gasteiger partial charge on any atom is -0.462 e. The van der Waals surface area contributed by atoms with Crippen molar-refractivity contribution in [1.29, 1.82) is 0 Å². The van der Waals surface area contributed by atoms with E-state index >= 15 is 0 Å². The van der Waals surface area contributed by atoms with Gasteiger partial charge in [0.25, 0.3) is 0 Å². The van der Waals surface area contributed by atoms with Crippen molar-refractivity contribution in [3.05, 3.63) is 53.7 Å². The molecule has 0 amide bonds. The van der Waals surface area contributed by atoms with E-state index in [0.717, 1.165) is 12.1 Å². The molecule has 134 valence electrons. The van der Waals surface area contributed by atoms with Gasteiger partial charge in [0.15, 0.2) is 0 Å². The number of hydrogen-bond acceptors (Lipinski definition) is 4.